The van der Waals surface area contributed by atoms with Crippen LogP contribution in [-0.2, 0) is 14.8 Å². The van der Waals surface area contributed by atoms with Gasteiger partial charge in [-0.15, -0.1) is 0 Å². The number of aliphatic hydroxyl groups is 1. The Morgan fingerprint density at radius 1 is 1.50 bits per heavy atom. The molecule has 1 N–H and O–H groups in total. The molecule has 1 aromatic rings. The van der Waals surface area contributed by atoms with Crippen molar-refractivity contribution in [1.82, 2.24) is 4.31 Å². The third-order valence-electron chi connectivity index (χ3n) is 3.09. The quantitative estimate of drug-likeness (QED) is 0.904. The van der Waals surface area contributed by atoms with Crippen LogP contribution in [0.1, 0.15) is 13.8 Å². The van der Waals surface area contributed by atoms with E-state index in [0.717, 1.165) is 6.07 Å². The molecule has 1 saturated heterocycles. The van der Waals surface area contributed by atoms with E-state index < -0.39 is 27.5 Å². The summed E-state index contributed by atoms with van der Waals surface area (Å²) in [5.41, 5.74) is -0.702. The molecule has 0 aliphatic carbocycles. The summed E-state index contributed by atoms with van der Waals surface area (Å²) in [6.45, 7) is 3.45. The molecule has 20 heavy (non-hydrogen) atoms. The van der Waals surface area contributed by atoms with E-state index in [9.17, 15) is 17.9 Å². The van der Waals surface area contributed by atoms with Crippen LogP contribution in [0.2, 0.25) is 0 Å². The number of nitrogens with zero attached hydrogens (tertiary/aromatic N) is 1. The Morgan fingerprint density at radius 2 is 2.20 bits per heavy atom. The molecule has 0 spiro atoms. The summed E-state index contributed by atoms with van der Waals surface area (Å²) < 4.78 is 45.0. The lowest BCUT2D eigenvalue weighted by molar-refractivity contribution is -0.131. The van der Waals surface area contributed by atoms with Crippen LogP contribution in [-0.4, -0.2) is 49.2 Å². The van der Waals surface area contributed by atoms with Gasteiger partial charge in [-0.25, -0.2) is 12.8 Å². The van der Waals surface area contributed by atoms with Crippen molar-refractivity contribution in [2.75, 3.05) is 19.7 Å². The van der Waals surface area contributed by atoms with Crippen LogP contribution < -0.4 is 0 Å². The van der Waals surface area contributed by atoms with E-state index >= 15 is 0 Å². The van der Waals surface area contributed by atoms with Gasteiger partial charge in [0.1, 0.15) is 5.82 Å². The predicted octanol–water partition coefficient (Wildman–Crippen LogP) is 0.986. The third-order valence-corrected chi connectivity index (χ3v) is 4.90. The van der Waals surface area contributed by atoms with E-state index in [4.69, 9.17) is 4.74 Å². The van der Waals surface area contributed by atoms with Gasteiger partial charge in [-0.3, -0.25) is 0 Å². The molecule has 5 nitrogen and oxygen atoms in total. The molecule has 0 saturated carbocycles. The van der Waals surface area contributed by atoms with Gasteiger partial charge in [0.05, 0.1) is 23.2 Å². The van der Waals surface area contributed by atoms with Crippen molar-refractivity contribution in [1.29, 1.82) is 0 Å². The van der Waals surface area contributed by atoms with Crippen LogP contribution in [0.3, 0.4) is 0 Å². The summed E-state index contributed by atoms with van der Waals surface area (Å²) in [6.07, 6.45) is -0.581. The fourth-order valence-electron chi connectivity index (χ4n) is 2.30. The maximum absolute atomic E-state index is 13.2. The molecule has 0 amide bonds. The minimum atomic E-state index is -3.80. The second-order valence-electron chi connectivity index (χ2n) is 5.44. The predicted molar refractivity (Wildman–Crippen MR) is 71.2 cm³/mol. The van der Waals surface area contributed by atoms with Crippen LogP contribution in [0, 0.1) is 5.82 Å². The average molecular weight is 303 g/mol. The zero-order valence-corrected chi connectivity index (χ0v) is 12.2. The monoisotopic (exact) mass is 303 g/mol. The topological polar surface area (TPSA) is 66.8 Å². The minimum absolute atomic E-state index is 0.0543. The molecule has 0 aromatic heterocycles. The maximum Gasteiger partial charge on any atom is 0.243 e. The summed E-state index contributed by atoms with van der Waals surface area (Å²) >= 11 is 0. The number of rotatable bonds is 3. The van der Waals surface area contributed by atoms with Crippen molar-refractivity contribution in [3.63, 3.8) is 0 Å². The van der Waals surface area contributed by atoms with Crippen molar-refractivity contribution < 1.29 is 22.7 Å². The van der Waals surface area contributed by atoms with E-state index in [1.54, 1.807) is 13.8 Å². The first-order valence-corrected chi connectivity index (χ1v) is 7.73. The first kappa shape index (κ1) is 15.4. The molecule has 0 radical (unpaired) electrons. The SMILES string of the molecule is CC1(C)CN(S(=O)(=O)c2cccc(F)c2)CC(CO)O1. The van der Waals surface area contributed by atoms with Crippen molar-refractivity contribution >= 4 is 10.0 Å². The highest BCUT2D eigenvalue weighted by molar-refractivity contribution is 7.89. The molecular weight excluding hydrogens is 285 g/mol. The van der Waals surface area contributed by atoms with Crippen molar-refractivity contribution in [3.8, 4) is 0 Å². The van der Waals surface area contributed by atoms with Gasteiger partial charge in [-0.1, -0.05) is 6.07 Å². The number of aliphatic hydroxyl groups excluding tert-OH is 1. The molecule has 1 heterocycles. The first-order chi connectivity index (χ1) is 9.24. The molecule has 0 bridgehead atoms. The van der Waals surface area contributed by atoms with Crippen molar-refractivity contribution in [2.24, 2.45) is 0 Å². The Hall–Kier alpha value is -1.02. The van der Waals surface area contributed by atoms with E-state index in [1.165, 1.54) is 22.5 Å². The lowest BCUT2D eigenvalue weighted by Crippen LogP contribution is -2.55. The first-order valence-electron chi connectivity index (χ1n) is 6.29. The van der Waals surface area contributed by atoms with Gasteiger partial charge in [0.15, 0.2) is 0 Å². The highest BCUT2D eigenvalue weighted by Crippen LogP contribution is 2.26. The van der Waals surface area contributed by atoms with Gasteiger partial charge in [0, 0.05) is 13.1 Å². The maximum atomic E-state index is 13.2. The van der Waals surface area contributed by atoms with E-state index in [2.05, 4.69) is 0 Å². The molecule has 1 aliphatic heterocycles. The third kappa shape index (κ3) is 3.17. The van der Waals surface area contributed by atoms with Crippen LogP contribution in [0.25, 0.3) is 0 Å². The number of morpholine rings is 1. The second kappa shape index (κ2) is 5.40. The van der Waals surface area contributed by atoms with Crippen LogP contribution >= 0.6 is 0 Å². The van der Waals surface area contributed by atoms with Crippen LogP contribution in [0.4, 0.5) is 4.39 Å². The lowest BCUT2D eigenvalue weighted by Gasteiger charge is -2.41. The van der Waals surface area contributed by atoms with Gasteiger partial charge in [-0.05, 0) is 32.0 Å². The molecule has 7 heteroatoms. The molecule has 1 aliphatic rings. The summed E-state index contributed by atoms with van der Waals surface area (Å²) in [4.78, 5) is -0.0908. The molecule has 1 unspecified atom stereocenters. The summed E-state index contributed by atoms with van der Waals surface area (Å²) in [5.74, 6) is -0.600. The molecule has 1 fully saturated rings. The summed E-state index contributed by atoms with van der Waals surface area (Å²) in [5, 5.41) is 9.21. The molecule has 2 rings (SSSR count). The number of sulfonamides is 1. The standard InChI is InChI=1S/C13H18FNO4S/c1-13(2)9-15(7-11(8-16)19-13)20(17,18)12-5-3-4-10(14)6-12/h3-6,11,16H,7-9H2,1-2H3. The average Bonchev–Trinajstić information content (AvgIpc) is 2.36. The van der Waals surface area contributed by atoms with E-state index in [1.807, 2.05) is 0 Å². The second-order valence-corrected chi connectivity index (χ2v) is 7.37. The van der Waals surface area contributed by atoms with Crippen molar-refractivity contribution in [2.45, 2.75) is 30.4 Å². The molecular formula is C13H18FNO4S. The zero-order valence-electron chi connectivity index (χ0n) is 11.4. The zero-order chi connectivity index (χ0) is 15.0. The Kier molecular flexibility index (Phi) is 4.15. The molecule has 1 atom stereocenters. The Balaban J connectivity index is 2.33. The number of hydrogen-bond donors (Lipinski definition) is 1. The van der Waals surface area contributed by atoms with Crippen LogP contribution in [0.5, 0.6) is 0 Å². The van der Waals surface area contributed by atoms with Gasteiger partial charge in [0.2, 0.25) is 10.0 Å². The normalized spacial score (nSPS) is 23.7. The van der Waals surface area contributed by atoms with Gasteiger partial charge < -0.3 is 9.84 Å². The Morgan fingerprint density at radius 3 is 2.80 bits per heavy atom. The highest BCUT2D eigenvalue weighted by atomic mass is 32.2. The highest BCUT2D eigenvalue weighted by Gasteiger charge is 2.39. The van der Waals surface area contributed by atoms with Gasteiger partial charge >= 0.3 is 0 Å². The Labute approximate surface area is 118 Å². The van der Waals surface area contributed by atoms with Gasteiger partial charge in [0.25, 0.3) is 0 Å². The minimum Gasteiger partial charge on any atom is -0.394 e. The number of benzene rings is 1. The Bertz CT molecular complexity index is 588. The number of ether oxygens (including phenoxy) is 1. The fraction of sp³-hybridized carbons (Fsp3) is 0.538. The summed E-state index contributed by atoms with van der Waals surface area (Å²) in [6, 6.07) is 4.90. The smallest absolute Gasteiger partial charge is 0.243 e. The van der Waals surface area contributed by atoms with Crippen molar-refractivity contribution in [3.05, 3.63) is 30.1 Å². The van der Waals surface area contributed by atoms with E-state index in [0.29, 0.717) is 0 Å². The number of hydrogen-bond acceptors (Lipinski definition) is 4. The lowest BCUT2D eigenvalue weighted by atomic mass is 10.1. The van der Waals surface area contributed by atoms with Gasteiger partial charge in [-0.2, -0.15) is 4.31 Å². The largest absolute Gasteiger partial charge is 0.394 e. The van der Waals surface area contributed by atoms with Crippen LogP contribution in [0.15, 0.2) is 29.2 Å². The fourth-order valence-corrected chi connectivity index (χ4v) is 3.95. The molecule has 1 aromatic carbocycles. The van der Waals surface area contributed by atoms with E-state index in [-0.39, 0.29) is 24.6 Å². The number of halogens is 1. The molecule has 112 valence electrons. The summed E-state index contributed by atoms with van der Waals surface area (Å²) in [7, 11) is -3.80.